The highest BCUT2D eigenvalue weighted by Crippen LogP contribution is 2.38. The van der Waals surface area contributed by atoms with Gasteiger partial charge in [-0.1, -0.05) is 0 Å². The van der Waals surface area contributed by atoms with E-state index < -0.39 is 0 Å². The van der Waals surface area contributed by atoms with Crippen LogP contribution in [0.15, 0.2) is 24.3 Å². The van der Waals surface area contributed by atoms with E-state index in [-0.39, 0.29) is 17.3 Å². The van der Waals surface area contributed by atoms with Crippen LogP contribution in [-0.4, -0.2) is 35.7 Å². The third-order valence-corrected chi connectivity index (χ3v) is 5.83. The predicted octanol–water partition coefficient (Wildman–Crippen LogP) is 3.87. The van der Waals surface area contributed by atoms with Gasteiger partial charge < -0.3 is 14.6 Å². The van der Waals surface area contributed by atoms with Crippen molar-refractivity contribution >= 4 is 16.9 Å². The predicted molar refractivity (Wildman–Crippen MR) is 107 cm³/mol. The molecule has 1 N–H and O–H groups in total. The summed E-state index contributed by atoms with van der Waals surface area (Å²) in [7, 11) is 1.60. The maximum Gasteiger partial charge on any atom is 0.251 e. The number of hydrogen-bond donors (Lipinski definition) is 1. The van der Waals surface area contributed by atoms with Gasteiger partial charge in [-0.15, -0.1) is 0 Å². The fourth-order valence-electron chi connectivity index (χ4n) is 3.83. The fourth-order valence-corrected chi connectivity index (χ4v) is 3.83. The molecule has 28 heavy (non-hydrogen) atoms. The first-order chi connectivity index (χ1) is 13.3. The molecule has 0 radical (unpaired) electrons. The monoisotopic (exact) mass is 381 g/mol. The number of aryl methyl sites for hydroxylation is 1. The number of nitrogens with zero attached hydrogens (tertiary/aromatic N) is 2. The largest absolute Gasteiger partial charge is 0.376 e. The molecule has 2 heterocycles. The summed E-state index contributed by atoms with van der Waals surface area (Å²) in [5.41, 5.74) is 4.81. The van der Waals surface area contributed by atoms with Gasteiger partial charge in [0.05, 0.1) is 35.3 Å². The molecule has 1 aliphatic heterocycles. The molecule has 1 aromatic heterocycles. The van der Waals surface area contributed by atoms with Crippen molar-refractivity contribution in [3.8, 4) is 11.4 Å². The lowest BCUT2D eigenvalue weighted by Gasteiger charge is -2.41. The number of benzene rings is 2. The molecule has 0 atom stereocenters. The Morgan fingerprint density at radius 3 is 2.54 bits per heavy atom. The highest BCUT2D eigenvalue weighted by atomic mass is 19.1. The van der Waals surface area contributed by atoms with Crippen LogP contribution in [0.2, 0.25) is 0 Å². The third kappa shape index (κ3) is 2.63. The standard InChI is InChI=1S/C22H24FN3O2/c1-12-8-16(19(23)14(3)13(12)2)20-25-17-7-6-15(21(27)24-5)9-18(17)26(20)22(4)10-28-11-22/h6-9H,10-11H2,1-5H3,(H,24,27). The van der Waals surface area contributed by atoms with Crippen molar-refractivity contribution in [2.75, 3.05) is 20.3 Å². The van der Waals surface area contributed by atoms with Crippen molar-refractivity contribution in [1.29, 1.82) is 0 Å². The van der Waals surface area contributed by atoms with Crippen LogP contribution in [0.1, 0.15) is 34.0 Å². The number of amides is 1. The van der Waals surface area contributed by atoms with Gasteiger partial charge in [0, 0.05) is 12.6 Å². The van der Waals surface area contributed by atoms with Crippen LogP contribution >= 0.6 is 0 Å². The first-order valence-electron chi connectivity index (χ1n) is 9.36. The Morgan fingerprint density at radius 1 is 1.21 bits per heavy atom. The van der Waals surface area contributed by atoms with Crippen molar-refractivity contribution in [2.24, 2.45) is 0 Å². The Bertz CT molecular complexity index is 1110. The van der Waals surface area contributed by atoms with E-state index in [0.29, 0.717) is 35.7 Å². The van der Waals surface area contributed by atoms with Crippen LogP contribution in [0, 0.1) is 26.6 Å². The number of halogens is 1. The van der Waals surface area contributed by atoms with Crippen LogP contribution in [0.25, 0.3) is 22.4 Å². The normalized spacial score (nSPS) is 15.5. The number of fused-ring (bicyclic) bond motifs is 1. The highest BCUT2D eigenvalue weighted by molar-refractivity contribution is 5.97. The van der Waals surface area contributed by atoms with Gasteiger partial charge in [-0.05, 0) is 68.7 Å². The molecular weight excluding hydrogens is 357 g/mol. The van der Waals surface area contributed by atoms with E-state index in [2.05, 4.69) is 12.2 Å². The molecule has 1 saturated heterocycles. The van der Waals surface area contributed by atoms with Gasteiger partial charge >= 0.3 is 0 Å². The van der Waals surface area contributed by atoms with E-state index >= 15 is 4.39 Å². The van der Waals surface area contributed by atoms with E-state index in [4.69, 9.17) is 9.72 Å². The Labute approximate surface area is 163 Å². The number of hydrogen-bond acceptors (Lipinski definition) is 3. The number of carbonyl (C=O) groups is 1. The lowest BCUT2D eigenvalue weighted by molar-refractivity contribution is -0.0868. The summed E-state index contributed by atoms with van der Waals surface area (Å²) in [6, 6.07) is 7.23. The van der Waals surface area contributed by atoms with E-state index in [9.17, 15) is 4.79 Å². The maximum absolute atomic E-state index is 15.3. The number of carbonyl (C=O) groups excluding carboxylic acids is 1. The summed E-state index contributed by atoms with van der Waals surface area (Å²) in [6.07, 6.45) is 0. The van der Waals surface area contributed by atoms with Crippen LogP contribution in [0.5, 0.6) is 0 Å². The Balaban J connectivity index is 2.04. The van der Waals surface area contributed by atoms with Crippen LogP contribution in [-0.2, 0) is 10.3 Å². The summed E-state index contributed by atoms with van der Waals surface area (Å²) >= 11 is 0. The number of imidazole rings is 1. The first-order valence-corrected chi connectivity index (χ1v) is 9.36. The second-order valence-electron chi connectivity index (χ2n) is 7.85. The molecule has 6 heteroatoms. The third-order valence-electron chi connectivity index (χ3n) is 5.83. The average molecular weight is 381 g/mol. The molecule has 1 fully saturated rings. The second kappa shape index (κ2) is 6.41. The molecule has 146 valence electrons. The topological polar surface area (TPSA) is 56.2 Å². The quantitative estimate of drug-likeness (QED) is 0.749. The van der Waals surface area contributed by atoms with Gasteiger partial charge in [-0.3, -0.25) is 4.79 Å². The lowest BCUT2D eigenvalue weighted by Crippen LogP contribution is -2.49. The van der Waals surface area contributed by atoms with Crippen molar-refractivity contribution in [1.82, 2.24) is 14.9 Å². The summed E-state index contributed by atoms with van der Waals surface area (Å²) in [6.45, 7) is 8.81. The Kier molecular flexibility index (Phi) is 4.27. The molecule has 0 bridgehead atoms. The van der Waals surface area contributed by atoms with E-state index in [1.54, 1.807) is 20.0 Å². The summed E-state index contributed by atoms with van der Waals surface area (Å²) in [5.74, 6) is 0.146. The molecule has 0 aliphatic carbocycles. The Hall–Kier alpha value is -2.73. The zero-order valence-electron chi connectivity index (χ0n) is 16.8. The smallest absolute Gasteiger partial charge is 0.251 e. The molecule has 1 aliphatic rings. The van der Waals surface area contributed by atoms with E-state index in [1.807, 2.05) is 36.6 Å². The zero-order chi connectivity index (χ0) is 20.2. The molecular formula is C22H24FN3O2. The average Bonchev–Trinajstić information content (AvgIpc) is 3.05. The van der Waals surface area contributed by atoms with Crippen LogP contribution in [0.4, 0.5) is 4.39 Å². The molecule has 1 amide bonds. The minimum atomic E-state index is -0.343. The van der Waals surface area contributed by atoms with E-state index in [0.717, 1.165) is 22.2 Å². The summed E-state index contributed by atoms with van der Waals surface area (Å²) < 4.78 is 22.8. The molecule has 0 unspecified atom stereocenters. The number of rotatable bonds is 3. The maximum atomic E-state index is 15.3. The van der Waals surface area contributed by atoms with Gasteiger partial charge in [0.1, 0.15) is 11.6 Å². The Morgan fingerprint density at radius 2 is 1.93 bits per heavy atom. The SMILES string of the molecule is CNC(=O)c1ccc2nc(-c3cc(C)c(C)c(C)c3F)n(C3(C)COC3)c2c1. The molecule has 3 aromatic rings. The summed E-state index contributed by atoms with van der Waals surface area (Å²) in [5, 5.41) is 2.65. The van der Waals surface area contributed by atoms with Crippen molar-refractivity contribution in [2.45, 2.75) is 33.2 Å². The molecule has 0 spiro atoms. The van der Waals surface area contributed by atoms with E-state index in [1.165, 1.54) is 0 Å². The fraction of sp³-hybridized carbons (Fsp3) is 0.364. The summed E-state index contributed by atoms with van der Waals surface area (Å²) in [4.78, 5) is 16.9. The van der Waals surface area contributed by atoms with Gasteiger partial charge in [-0.2, -0.15) is 0 Å². The molecule has 5 nitrogen and oxygen atoms in total. The second-order valence-corrected chi connectivity index (χ2v) is 7.85. The molecule has 2 aromatic carbocycles. The molecule has 4 rings (SSSR count). The van der Waals surface area contributed by atoms with Crippen molar-refractivity contribution in [3.63, 3.8) is 0 Å². The number of nitrogens with one attached hydrogen (secondary N) is 1. The van der Waals surface area contributed by atoms with Crippen molar-refractivity contribution in [3.05, 3.63) is 52.3 Å². The van der Waals surface area contributed by atoms with Gasteiger partial charge in [0.15, 0.2) is 0 Å². The minimum Gasteiger partial charge on any atom is -0.376 e. The van der Waals surface area contributed by atoms with Gasteiger partial charge in [0.25, 0.3) is 5.91 Å². The highest BCUT2D eigenvalue weighted by Gasteiger charge is 2.39. The van der Waals surface area contributed by atoms with Gasteiger partial charge in [-0.25, -0.2) is 9.37 Å². The minimum absolute atomic E-state index is 0.167. The zero-order valence-corrected chi connectivity index (χ0v) is 16.8. The molecule has 0 saturated carbocycles. The van der Waals surface area contributed by atoms with Gasteiger partial charge in [0.2, 0.25) is 0 Å². The van der Waals surface area contributed by atoms with Crippen molar-refractivity contribution < 1.29 is 13.9 Å². The number of aromatic nitrogens is 2. The first kappa shape index (κ1) is 18.6. The lowest BCUT2D eigenvalue weighted by atomic mass is 9.96. The number of ether oxygens (including phenoxy) is 1. The van der Waals surface area contributed by atoms with Crippen LogP contribution in [0.3, 0.4) is 0 Å². The van der Waals surface area contributed by atoms with Crippen LogP contribution < -0.4 is 5.32 Å².